The van der Waals surface area contributed by atoms with Crippen molar-refractivity contribution in [1.29, 1.82) is 0 Å². The lowest BCUT2D eigenvalue weighted by molar-refractivity contribution is -0.137. The maximum absolute atomic E-state index is 13.5. The van der Waals surface area contributed by atoms with Crippen LogP contribution >= 0.6 is 0 Å². The van der Waals surface area contributed by atoms with Gasteiger partial charge in [-0.25, -0.2) is 4.39 Å². The van der Waals surface area contributed by atoms with Crippen molar-refractivity contribution in [3.8, 4) is 0 Å². The predicted octanol–water partition coefficient (Wildman–Crippen LogP) is 1.84. The van der Waals surface area contributed by atoms with Gasteiger partial charge in [-0.2, -0.15) is 0 Å². The SMILES string of the molecule is COCc1ccc(C(N)CCC(=O)O)cc1F. The number of carboxylic acids is 1. The zero-order chi connectivity index (χ0) is 12.8. The molecule has 1 atom stereocenters. The first-order valence-electron chi connectivity index (χ1n) is 5.29. The largest absolute Gasteiger partial charge is 0.481 e. The Morgan fingerprint density at radius 3 is 2.82 bits per heavy atom. The zero-order valence-electron chi connectivity index (χ0n) is 9.65. The first-order chi connectivity index (χ1) is 8.04. The molecule has 0 amide bonds. The van der Waals surface area contributed by atoms with Gasteiger partial charge in [0.2, 0.25) is 0 Å². The standard InChI is InChI=1S/C12H16FNO3/c1-17-7-9-3-2-8(6-10(9)13)11(14)4-5-12(15)16/h2-3,6,11H,4-5,7,14H2,1H3,(H,15,16). The van der Waals surface area contributed by atoms with Crippen LogP contribution in [0.1, 0.15) is 30.0 Å². The molecule has 0 saturated heterocycles. The molecule has 94 valence electrons. The van der Waals surface area contributed by atoms with Crippen molar-refractivity contribution in [1.82, 2.24) is 0 Å². The third-order valence-corrected chi connectivity index (χ3v) is 2.47. The van der Waals surface area contributed by atoms with Crippen LogP contribution in [-0.4, -0.2) is 18.2 Å². The minimum atomic E-state index is -0.906. The van der Waals surface area contributed by atoms with Crippen molar-refractivity contribution in [3.05, 3.63) is 35.1 Å². The molecule has 1 rings (SSSR count). The first kappa shape index (κ1) is 13.6. The third-order valence-electron chi connectivity index (χ3n) is 2.47. The zero-order valence-corrected chi connectivity index (χ0v) is 9.65. The van der Waals surface area contributed by atoms with Gasteiger partial charge in [0.1, 0.15) is 5.82 Å². The minimum absolute atomic E-state index is 0.0252. The highest BCUT2D eigenvalue weighted by Crippen LogP contribution is 2.19. The lowest BCUT2D eigenvalue weighted by Crippen LogP contribution is -2.12. The molecule has 1 aromatic rings. The molecule has 0 spiro atoms. The molecule has 3 N–H and O–H groups in total. The number of halogens is 1. The summed E-state index contributed by atoms with van der Waals surface area (Å²) in [6, 6.07) is 4.18. The molecule has 17 heavy (non-hydrogen) atoms. The van der Waals surface area contributed by atoms with Gasteiger partial charge < -0.3 is 15.6 Å². The summed E-state index contributed by atoms with van der Waals surface area (Å²) in [7, 11) is 1.49. The van der Waals surface area contributed by atoms with Crippen molar-refractivity contribution >= 4 is 5.97 Å². The van der Waals surface area contributed by atoms with E-state index < -0.39 is 12.0 Å². The summed E-state index contributed by atoms with van der Waals surface area (Å²) < 4.78 is 18.4. The van der Waals surface area contributed by atoms with Crippen LogP contribution < -0.4 is 5.73 Å². The predicted molar refractivity (Wildman–Crippen MR) is 60.9 cm³/mol. The summed E-state index contributed by atoms with van der Waals surface area (Å²) >= 11 is 0. The molecule has 0 saturated carbocycles. The fraction of sp³-hybridized carbons (Fsp3) is 0.417. The van der Waals surface area contributed by atoms with Gasteiger partial charge in [0, 0.05) is 25.1 Å². The Morgan fingerprint density at radius 1 is 1.59 bits per heavy atom. The number of aliphatic carboxylic acids is 1. The molecule has 0 aliphatic carbocycles. The average molecular weight is 241 g/mol. The molecular formula is C12H16FNO3. The van der Waals surface area contributed by atoms with Gasteiger partial charge in [-0.15, -0.1) is 0 Å². The number of methoxy groups -OCH3 is 1. The normalized spacial score (nSPS) is 12.4. The van der Waals surface area contributed by atoms with E-state index in [0.29, 0.717) is 17.5 Å². The first-order valence-corrected chi connectivity index (χ1v) is 5.29. The highest BCUT2D eigenvalue weighted by Gasteiger charge is 2.11. The highest BCUT2D eigenvalue weighted by atomic mass is 19.1. The molecule has 0 bridgehead atoms. The Morgan fingerprint density at radius 2 is 2.29 bits per heavy atom. The van der Waals surface area contributed by atoms with Crippen LogP contribution in [0.4, 0.5) is 4.39 Å². The van der Waals surface area contributed by atoms with E-state index in [9.17, 15) is 9.18 Å². The maximum atomic E-state index is 13.5. The smallest absolute Gasteiger partial charge is 0.303 e. The number of ether oxygens (including phenoxy) is 1. The summed E-state index contributed by atoms with van der Waals surface area (Å²) in [4.78, 5) is 10.4. The maximum Gasteiger partial charge on any atom is 0.303 e. The Balaban J connectivity index is 2.71. The molecule has 0 fully saturated rings. The van der Waals surface area contributed by atoms with Crippen molar-refractivity contribution < 1.29 is 19.0 Å². The van der Waals surface area contributed by atoms with Gasteiger partial charge in [0.25, 0.3) is 0 Å². The number of hydrogen-bond acceptors (Lipinski definition) is 3. The van der Waals surface area contributed by atoms with E-state index in [4.69, 9.17) is 15.6 Å². The Bertz CT molecular complexity index is 395. The van der Waals surface area contributed by atoms with Crippen molar-refractivity contribution in [3.63, 3.8) is 0 Å². The number of carboxylic acid groups (broad SMARTS) is 1. The summed E-state index contributed by atoms with van der Waals surface area (Å²) in [5.74, 6) is -1.29. The number of nitrogens with two attached hydrogens (primary N) is 1. The fourth-order valence-electron chi connectivity index (χ4n) is 1.51. The molecule has 0 heterocycles. The van der Waals surface area contributed by atoms with Crippen LogP contribution in [0, 0.1) is 5.82 Å². The van der Waals surface area contributed by atoms with E-state index in [-0.39, 0.29) is 18.8 Å². The Kier molecular flexibility index (Phi) is 5.06. The quantitative estimate of drug-likeness (QED) is 0.797. The van der Waals surface area contributed by atoms with E-state index in [1.165, 1.54) is 13.2 Å². The van der Waals surface area contributed by atoms with Gasteiger partial charge >= 0.3 is 5.97 Å². The van der Waals surface area contributed by atoms with Gasteiger partial charge in [0.05, 0.1) is 6.61 Å². The molecule has 0 aliphatic rings. The lowest BCUT2D eigenvalue weighted by Gasteiger charge is -2.12. The van der Waals surface area contributed by atoms with Crippen LogP contribution in [-0.2, 0) is 16.1 Å². The van der Waals surface area contributed by atoms with Gasteiger partial charge in [-0.05, 0) is 18.1 Å². The third kappa shape index (κ3) is 4.13. The summed E-state index contributed by atoms with van der Waals surface area (Å²) in [5.41, 5.74) is 6.84. The number of rotatable bonds is 6. The fourth-order valence-corrected chi connectivity index (χ4v) is 1.51. The number of hydrogen-bond donors (Lipinski definition) is 2. The van der Waals surface area contributed by atoms with E-state index in [2.05, 4.69) is 0 Å². The molecule has 0 aliphatic heterocycles. The van der Waals surface area contributed by atoms with Crippen LogP contribution in [0.3, 0.4) is 0 Å². The molecule has 5 heteroatoms. The number of benzene rings is 1. The molecule has 0 radical (unpaired) electrons. The van der Waals surface area contributed by atoms with Gasteiger partial charge in [0.15, 0.2) is 0 Å². The van der Waals surface area contributed by atoms with Crippen molar-refractivity contribution in [2.45, 2.75) is 25.5 Å². The molecule has 1 unspecified atom stereocenters. The molecular weight excluding hydrogens is 225 g/mol. The Hall–Kier alpha value is -1.46. The van der Waals surface area contributed by atoms with Crippen LogP contribution in [0.15, 0.2) is 18.2 Å². The van der Waals surface area contributed by atoms with E-state index in [1.54, 1.807) is 12.1 Å². The van der Waals surface area contributed by atoms with E-state index >= 15 is 0 Å². The minimum Gasteiger partial charge on any atom is -0.481 e. The van der Waals surface area contributed by atoms with Crippen LogP contribution in [0.2, 0.25) is 0 Å². The van der Waals surface area contributed by atoms with E-state index in [1.807, 2.05) is 0 Å². The Labute approximate surface area is 99.2 Å². The van der Waals surface area contributed by atoms with Crippen molar-refractivity contribution in [2.75, 3.05) is 7.11 Å². The van der Waals surface area contributed by atoms with E-state index in [0.717, 1.165) is 0 Å². The van der Waals surface area contributed by atoms with Crippen molar-refractivity contribution in [2.24, 2.45) is 5.73 Å². The van der Waals surface area contributed by atoms with Gasteiger partial charge in [-0.3, -0.25) is 4.79 Å². The van der Waals surface area contributed by atoms with Crippen LogP contribution in [0.25, 0.3) is 0 Å². The molecule has 4 nitrogen and oxygen atoms in total. The average Bonchev–Trinajstić information content (AvgIpc) is 2.28. The summed E-state index contributed by atoms with van der Waals surface area (Å²) in [5, 5.41) is 8.53. The second kappa shape index (κ2) is 6.32. The van der Waals surface area contributed by atoms with Crippen LogP contribution in [0.5, 0.6) is 0 Å². The topological polar surface area (TPSA) is 72.5 Å². The molecule has 1 aromatic carbocycles. The second-order valence-corrected chi connectivity index (χ2v) is 3.82. The second-order valence-electron chi connectivity index (χ2n) is 3.82. The summed E-state index contributed by atoms with van der Waals surface area (Å²) in [6.45, 7) is 0.205. The molecule has 0 aromatic heterocycles. The lowest BCUT2D eigenvalue weighted by atomic mass is 10.0. The summed E-state index contributed by atoms with van der Waals surface area (Å²) in [6.07, 6.45) is 0.265. The number of carbonyl (C=O) groups is 1. The monoisotopic (exact) mass is 241 g/mol. The van der Waals surface area contributed by atoms with Gasteiger partial charge in [-0.1, -0.05) is 12.1 Å². The highest BCUT2D eigenvalue weighted by molar-refractivity contribution is 5.66.